The van der Waals surface area contributed by atoms with E-state index in [1.165, 1.54) is 36.4 Å². The topological polar surface area (TPSA) is 245 Å². The van der Waals surface area contributed by atoms with Crippen molar-refractivity contribution >= 4 is 63.1 Å². The fraction of sp³-hybridized carbons (Fsp3) is 0.841. The van der Waals surface area contributed by atoms with Gasteiger partial charge in [-0.25, -0.2) is 12.7 Å². The number of amides is 7. The van der Waals surface area contributed by atoms with E-state index in [1.807, 2.05) is 7.05 Å². The van der Waals surface area contributed by atoms with Crippen LogP contribution in [0, 0.1) is 35.5 Å². The molecule has 0 aromatic carbocycles. The lowest BCUT2D eigenvalue weighted by Gasteiger charge is -2.32. The molecule has 364 valence electrons. The van der Waals surface area contributed by atoms with Crippen molar-refractivity contribution in [1.29, 1.82) is 0 Å². The lowest BCUT2D eigenvalue weighted by molar-refractivity contribution is -0.151. The van der Waals surface area contributed by atoms with E-state index in [9.17, 15) is 42.0 Å². The highest BCUT2D eigenvalue weighted by molar-refractivity contribution is 8.00. The zero-order valence-electron chi connectivity index (χ0n) is 38.1. The number of hydrogen-bond donors (Lipinski definition) is 6. The van der Waals surface area contributed by atoms with Crippen LogP contribution in [-0.2, 0) is 48.3 Å². The van der Waals surface area contributed by atoms with Crippen molar-refractivity contribution in [2.24, 2.45) is 35.5 Å². The van der Waals surface area contributed by atoms with Crippen LogP contribution in [0.4, 0.5) is 0 Å². The molecular formula is C44H71N9O10S2. The monoisotopic (exact) mass is 949 g/mol. The Labute approximate surface area is 387 Å². The SMILES string of the molecule is CN(CCNC(=O)C1CCC(COC[C@H](NC(=O)C2CCN(S(C)(=O)=O)C2)C(=O)NC2NC(C3CCCCC3)CS2)CC1)CCNC1CCCC2C(=O)N(C3CCC(=O)NC3=O)C(=O)C12. The van der Waals surface area contributed by atoms with Crippen molar-refractivity contribution < 1.29 is 46.7 Å². The highest BCUT2D eigenvalue weighted by atomic mass is 32.2. The summed E-state index contributed by atoms with van der Waals surface area (Å²) in [6, 6.07) is -1.73. The Bertz CT molecular complexity index is 1860. The van der Waals surface area contributed by atoms with Gasteiger partial charge in [0.1, 0.15) is 17.6 Å². The third-order valence-corrected chi connectivity index (χ3v) is 17.4. The van der Waals surface area contributed by atoms with Crippen LogP contribution in [-0.4, -0.2) is 165 Å². The maximum atomic E-state index is 13.7. The van der Waals surface area contributed by atoms with Crippen LogP contribution in [0.25, 0.3) is 0 Å². The molecule has 7 unspecified atom stereocenters. The zero-order valence-corrected chi connectivity index (χ0v) is 39.7. The number of ether oxygens (including phenoxy) is 1. The van der Waals surface area contributed by atoms with Gasteiger partial charge in [-0.2, -0.15) is 0 Å². The van der Waals surface area contributed by atoms with E-state index in [2.05, 4.69) is 36.8 Å². The van der Waals surface area contributed by atoms with Crippen molar-refractivity contribution in [3.8, 4) is 0 Å². The molecule has 7 amide bonds. The Kier molecular flexibility index (Phi) is 17.4. The summed E-state index contributed by atoms with van der Waals surface area (Å²) in [5, 5.41) is 18.4. The molecule has 4 aliphatic heterocycles. The number of rotatable bonds is 19. The van der Waals surface area contributed by atoms with Gasteiger partial charge in [-0.05, 0) is 83.1 Å². The number of fused-ring (bicyclic) bond motifs is 1. The lowest BCUT2D eigenvalue weighted by Crippen LogP contribution is -2.55. The summed E-state index contributed by atoms with van der Waals surface area (Å²) in [7, 11) is -1.46. The predicted octanol–water partition coefficient (Wildman–Crippen LogP) is -0.143. The molecule has 65 heavy (non-hydrogen) atoms. The molecule has 19 nitrogen and oxygen atoms in total. The van der Waals surface area contributed by atoms with E-state index < -0.39 is 45.8 Å². The van der Waals surface area contributed by atoms with Crippen LogP contribution in [0.2, 0.25) is 0 Å². The number of sulfonamides is 1. The standard InChI is InChI=1S/C44H71N9O10S2/c1-51(21-18-45-32-10-6-9-31-37(32)43(60)53(42(31)59)35-15-16-36(54)49-41(35)58)22-19-46-38(55)29-13-11-27(12-14-29)24-63-25-33(47-39(56)30-17-20-52(23-30)65(2,61)62)40(57)50-44-48-34(26-64-44)28-7-4-3-5-8-28/h27-35,37,44-45,48H,3-26H2,1-2H3,(H,46,55)(H,47,56)(H,50,57)(H,49,54,58)/t27?,29?,30?,31?,32?,33-,34?,35?,37?,44?/m0/s1. The number of carbonyl (C=O) groups is 7. The molecule has 0 spiro atoms. The number of imide groups is 2. The Hall–Kier alpha value is -3.21. The lowest BCUT2D eigenvalue weighted by atomic mass is 9.77. The number of likely N-dealkylation sites (N-methyl/N-ethyl adjacent to an activating group) is 1. The van der Waals surface area contributed by atoms with Crippen molar-refractivity contribution in [1.82, 2.24) is 46.0 Å². The second kappa shape index (κ2) is 22.7. The van der Waals surface area contributed by atoms with Gasteiger partial charge in [0.25, 0.3) is 0 Å². The van der Waals surface area contributed by atoms with Gasteiger partial charge in [0, 0.05) is 76.1 Å². The van der Waals surface area contributed by atoms with Gasteiger partial charge in [-0.15, -0.1) is 11.8 Å². The third kappa shape index (κ3) is 12.9. The van der Waals surface area contributed by atoms with Crippen molar-refractivity contribution in [2.75, 3.05) is 71.5 Å². The number of nitrogens with zero attached hydrogens (tertiary/aromatic N) is 3. The van der Waals surface area contributed by atoms with E-state index in [0.717, 1.165) is 55.4 Å². The molecule has 7 fully saturated rings. The van der Waals surface area contributed by atoms with Crippen LogP contribution in [0.1, 0.15) is 96.3 Å². The van der Waals surface area contributed by atoms with Crippen LogP contribution >= 0.6 is 11.8 Å². The maximum absolute atomic E-state index is 13.7. The molecule has 0 aromatic heterocycles. The number of piperidine rings is 1. The molecular weight excluding hydrogens is 879 g/mol. The Balaban J connectivity index is 0.795. The molecule has 0 radical (unpaired) electrons. The molecule has 7 rings (SSSR count). The van der Waals surface area contributed by atoms with Crippen molar-refractivity contribution in [2.45, 2.75) is 126 Å². The second-order valence-corrected chi connectivity index (χ2v) is 22.7. The molecule has 6 N–H and O–H groups in total. The van der Waals surface area contributed by atoms with Gasteiger partial charge < -0.3 is 30.9 Å². The van der Waals surface area contributed by atoms with E-state index in [1.54, 1.807) is 11.8 Å². The number of hydrogen-bond acceptors (Lipinski definition) is 14. The van der Waals surface area contributed by atoms with Gasteiger partial charge in [-0.1, -0.05) is 25.7 Å². The molecule has 3 aliphatic carbocycles. The van der Waals surface area contributed by atoms with E-state index in [-0.39, 0.29) is 91.4 Å². The number of thioether (sulfide) groups is 1. The fourth-order valence-corrected chi connectivity index (χ4v) is 13.2. The summed E-state index contributed by atoms with van der Waals surface area (Å²) in [5.74, 6) is -2.21. The number of likely N-dealkylation sites (tertiary alicyclic amines) is 1. The Morgan fingerprint density at radius 3 is 2.35 bits per heavy atom. The first kappa shape index (κ1) is 49.7. The van der Waals surface area contributed by atoms with Gasteiger partial charge in [0.2, 0.25) is 51.4 Å². The quantitative estimate of drug-likeness (QED) is 0.0924. The molecule has 0 bridgehead atoms. The van der Waals surface area contributed by atoms with E-state index in [0.29, 0.717) is 57.6 Å². The molecule has 7 aliphatic rings. The van der Waals surface area contributed by atoms with Gasteiger partial charge in [0.05, 0.1) is 30.6 Å². The maximum Gasteiger partial charge on any atom is 0.249 e. The minimum absolute atomic E-state index is 0.0182. The van der Waals surface area contributed by atoms with E-state index in [4.69, 9.17) is 4.74 Å². The molecule has 0 aromatic rings. The largest absolute Gasteiger partial charge is 0.378 e. The summed E-state index contributed by atoms with van der Waals surface area (Å²) in [5.41, 5.74) is -0.267. The van der Waals surface area contributed by atoms with Crippen LogP contribution < -0.4 is 31.9 Å². The molecule has 21 heteroatoms. The highest BCUT2D eigenvalue weighted by Gasteiger charge is 2.55. The number of nitrogens with one attached hydrogen (secondary N) is 6. The first-order valence-corrected chi connectivity index (χ1v) is 27.0. The molecule has 4 heterocycles. The summed E-state index contributed by atoms with van der Waals surface area (Å²) >= 11 is 1.66. The highest BCUT2D eigenvalue weighted by Crippen LogP contribution is 2.40. The molecule has 8 atom stereocenters. The van der Waals surface area contributed by atoms with Gasteiger partial charge >= 0.3 is 0 Å². The summed E-state index contributed by atoms with van der Waals surface area (Å²) in [6.45, 7) is 3.09. The van der Waals surface area contributed by atoms with E-state index >= 15 is 0 Å². The summed E-state index contributed by atoms with van der Waals surface area (Å²) in [4.78, 5) is 94.4. The smallest absolute Gasteiger partial charge is 0.249 e. The summed E-state index contributed by atoms with van der Waals surface area (Å²) in [6.07, 6.45) is 13.1. The van der Waals surface area contributed by atoms with Gasteiger partial charge in [-0.3, -0.25) is 49.1 Å². The normalized spacial score (nSPS) is 32.0. The molecule has 3 saturated carbocycles. The van der Waals surface area contributed by atoms with Crippen LogP contribution in [0.5, 0.6) is 0 Å². The van der Waals surface area contributed by atoms with Gasteiger partial charge in [0.15, 0.2) is 0 Å². The minimum Gasteiger partial charge on any atom is -0.378 e. The number of carbonyl (C=O) groups excluding carboxylic acids is 7. The Morgan fingerprint density at radius 2 is 1.63 bits per heavy atom. The first-order chi connectivity index (χ1) is 31.2. The van der Waals surface area contributed by atoms with Crippen molar-refractivity contribution in [3.05, 3.63) is 0 Å². The summed E-state index contributed by atoms with van der Waals surface area (Å²) < 4.78 is 31.6. The average Bonchev–Trinajstić information content (AvgIpc) is 4.03. The fourth-order valence-electron chi connectivity index (χ4n) is 11.1. The first-order valence-electron chi connectivity index (χ1n) is 24.1. The minimum atomic E-state index is -3.43. The van der Waals surface area contributed by atoms with Crippen molar-refractivity contribution in [3.63, 3.8) is 0 Å². The average molecular weight is 950 g/mol. The third-order valence-electron chi connectivity index (χ3n) is 15.0. The Morgan fingerprint density at radius 1 is 0.877 bits per heavy atom. The second-order valence-electron chi connectivity index (χ2n) is 19.5. The zero-order chi connectivity index (χ0) is 46.3. The van der Waals surface area contributed by atoms with Crippen LogP contribution in [0.15, 0.2) is 0 Å². The molecule has 4 saturated heterocycles. The van der Waals surface area contributed by atoms with Crippen LogP contribution in [0.3, 0.4) is 0 Å². The predicted molar refractivity (Wildman–Crippen MR) is 242 cm³/mol.